The van der Waals surface area contributed by atoms with E-state index in [1.807, 2.05) is 0 Å². The molecule has 0 unspecified atom stereocenters. The molecule has 0 fully saturated rings. The van der Waals surface area contributed by atoms with Crippen molar-refractivity contribution in [2.75, 3.05) is 0 Å². The molecular weight excluding hydrogens is 184 g/mol. The molecule has 1 aromatic carbocycles. The number of hydrogen-bond donors (Lipinski definition) is 2. The fourth-order valence-corrected chi connectivity index (χ4v) is 1.40. The Kier molecular flexibility index (Phi) is 2.19. The van der Waals surface area contributed by atoms with Gasteiger partial charge >= 0.3 is 7.12 Å². The predicted molar refractivity (Wildman–Crippen MR) is 51.5 cm³/mol. The average Bonchev–Trinajstić information content (AvgIpc) is 2.16. The molecule has 0 atom stereocenters. The van der Waals surface area contributed by atoms with Gasteiger partial charge in [0.1, 0.15) is 5.82 Å². The van der Waals surface area contributed by atoms with Crippen LogP contribution < -0.4 is 5.46 Å². The lowest BCUT2D eigenvalue weighted by Gasteiger charge is -2.04. The first-order chi connectivity index (χ1) is 6.68. The van der Waals surface area contributed by atoms with E-state index in [1.165, 1.54) is 18.5 Å². The van der Waals surface area contributed by atoms with Crippen LogP contribution in [0.3, 0.4) is 0 Å². The van der Waals surface area contributed by atoms with Gasteiger partial charge in [-0.15, -0.1) is 0 Å². The SMILES string of the molecule is OB(O)c1cc(F)cc2ccncc12. The zero-order valence-corrected chi connectivity index (χ0v) is 7.18. The Morgan fingerprint density at radius 2 is 2.07 bits per heavy atom. The highest BCUT2D eigenvalue weighted by Gasteiger charge is 2.15. The summed E-state index contributed by atoms with van der Waals surface area (Å²) in [6.07, 6.45) is 3.00. The first-order valence-electron chi connectivity index (χ1n) is 4.08. The van der Waals surface area contributed by atoms with Crippen LogP contribution in [0.5, 0.6) is 0 Å². The third-order valence-corrected chi connectivity index (χ3v) is 2.03. The van der Waals surface area contributed by atoms with Crippen molar-refractivity contribution in [2.24, 2.45) is 0 Å². The second-order valence-electron chi connectivity index (χ2n) is 2.97. The van der Waals surface area contributed by atoms with Crippen LogP contribution in [0.4, 0.5) is 4.39 Å². The Morgan fingerprint density at radius 3 is 2.79 bits per heavy atom. The van der Waals surface area contributed by atoms with Crippen LogP contribution in [0.15, 0.2) is 30.6 Å². The molecule has 1 heterocycles. The van der Waals surface area contributed by atoms with E-state index >= 15 is 0 Å². The lowest BCUT2D eigenvalue weighted by Crippen LogP contribution is -2.30. The first-order valence-corrected chi connectivity index (χ1v) is 4.08. The molecule has 0 bridgehead atoms. The molecule has 0 amide bonds. The van der Waals surface area contributed by atoms with Crippen molar-refractivity contribution in [3.8, 4) is 0 Å². The third-order valence-electron chi connectivity index (χ3n) is 2.03. The Bertz CT molecular complexity index is 475. The molecule has 3 nitrogen and oxygen atoms in total. The topological polar surface area (TPSA) is 53.4 Å². The normalized spacial score (nSPS) is 10.5. The molecular formula is C9H7BFNO2. The molecule has 0 aliphatic rings. The largest absolute Gasteiger partial charge is 0.489 e. The number of rotatable bonds is 1. The van der Waals surface area contributed by atoms with Crippen molar-refractivity contribution in [3.05, 3.63) is 36.4 Å². The summed E-state index contributed by atoms with van der Waals surface area (Å²) in [5.74, 6) is -0.494. The van der Waals surface area contributed by atoms with Gasteiger partial charge in [0.25, 0.3) is 0 Å². The maximum Gasteiger partial charge on any atom is 0.489 e. The van der Waals surface area contributed by atoms with Crippen LogP contribution in [0.2, 0.25) is 0 Å². The molecule has 0 aliphatic heterocycles. The number of benzene rings is 1. The van der Waals surface area contributed by atoms with Crippen molar-refractivity contribution in [2.45, 2.75) is 0 Å². The molecule has 0 spiro atoms. The van der Waals surface area contributed by atoms with Crippen LogP contribution >= 0.6 is 0 Å². The second-order valence-corrected chi connectivity index (χ2v) is 2.97. The molecule has 2 N–H and O–H groups in total. The summed E-state index contributed by atoms with van der Waals surface area (Å²) in [7, 11) is -1.68. The number of aromatic nitrogens is 1. The molecule has 2 rings (SSSR count). The Hall–Kier alpha value is -1.46. The van der Waals surface area contributed by atoms with E-state index in [0.717, 1.165) is 6.07 Å². The van der Waals surface area contributed by atoms with E-state index in [1.54, 1.807) is 6.07 Å². The summed E-state index contributed by atoms with van der Waals surface area (Å²) < 4.78 is 13.0. The minimum absolute atomic E-state index is 0.133. The van der Waals surface area contributed by atoms with Gasteiger partial charge in [-0.3, -0.25) is 4.98 Å². The quantitative estimate of drug-likeness (QED) is 0.626. The van der Waals surface area contributed by atoms with E-state index in [-0.39, 0.29) is 5.46 Å². The van der Waals surface area contributed by atoms with Crippen LogP contribution in [-0.4, -0.2) is 22.2 Å². The van der Waals surface area contributed by atoms with E-state index in [2.05, 4.69) is 4.98 Å². The van der Waals surface area contributed by atoms with Crippen molar-refractivity contribution < 1.29 is 14.4 Å². The van der Waals surface area contributed by atoms with Gasteiger partial charge in [0.15, 0.2) is 0 Å². The summed E-state index contributed by atoms with van der Waals surface area (Å²) in [4.78, 5) is 3.84. The van der Waals surface area contributed by atoms with Gasteiger partial charge in [-0.05, 0) is 34.4 Å². The summed E-state index contributed by atoms with van der Waals surface area (Å²) in [5.41, 5.74) is 0.133. The lowest BCUT2D eigenvalue weighted by molar-refractivity contribution is 0.426. The number of hydrogen-bond acceptors (Lipinski definition) is 3. The van der Waals surface area contributed by atoms with Gasteiger partial charge in [0.05, 0.1) is 0 Å². The van der Waals surface area contributed by atoms with Crippen molar-refractivity contribution in [1.29, 1.82) is 0 Å². The van der Waals surface area contributed by atoms with Crippen LogP contribution in [0.25, 0.3) is 10.8 Å². The highest BCUT2D eigenvalue weighted by Crippen LogP contribution is 2.11. The van der Waals surface area contributed by atoms with Gasteiger partial charge in [-0.2, -0.15) is 0 Å². The predicted octanol–water partition coefficient (Wildman–Crippen LogP) is 0.0537. The highest BCUT2D eigenvalue weighted by atomic mass is 19.1. The van der Waals surface area contributed by atoms with Gasteiger partial charge in [0.2, 0.25) is 0 Å². The fraction of sp³-hybridized carbons (Fsp3) is 0. The second kappa shape index (κ2) is 3.36. The van der Waals surface area contributed by atoms with Crippen LogP contribution in [0, 0.1) is 5.82 Å². The molecule has 0 aliphatic carbocycles. The van der Waals surface area contributed by atoms with Crippen LogP contribution in [-0.2, 0) is 0 Å². The van der Waals surface area contributed by atoms with Crippen molar-refractivity contribution >= 4 is 23.4 Å². The number of nitrogens with zero attached hydrogens (tertiary/aromatic N) is 1. The van der Waals surface area contributed by atoms with Crippen molar-refractivity contribution in [1.82, 2.24) is 4.98 Å². The molecule has 0 saturated heterocycles. The Morgan fingerprint density at radius 1 is 1.29 bits per heavy atom. The van der Waals surface area contributed by atoms with E-state index in [9.17, 15) is 4.39 Å². The number of fused-ring (bicyclic) bond motifs is 1. The molecule has 5 heteroatoms. The first kappa shape index (κ1) is 9.11. The fourth-order valence-electron chi connectivity index (χ4n) is 1.40. The molecule has 2 aromatic rings. The molecule has 70 valence electrons. The smallest absolute Gasteiger partial charge is 0.423 e. The minimum atomic E-state index is -1.68. The van der Waals surface area contributed by atoms with Crippen molar-refractivity contribution in [3.63, 3.8) is 0 Å². The Balaban J connectivity index is 2.80. The maximum absolute atomic E-state index is 13.0. The third kappa shape index (κ3) is 1.47. The van der Waals surface area contributed by atoms with E-state index < -0.39 is 12.9 Å². The summed E-state index contributed by atoms with van der Waals surface area (Å²) in [6.45, 7) is 0. The maximum atomic E-state index is 13.0. The standard InChI is InChI=1S/C9H7BFNO2/c11-7-3-6-1-2-12-5-8(6)9(4-7)10(13)14/h1-5,13-14H. The van der Waals surface area contributed by atoms with Gasteiger partial charge in [0, 0.05) is 12.4 Å². The lowest BCUT2D eigenvalue weighted by atomic mass is 9.77. The van der Waals surface area contributed by atoms with Crippen LogP contribution in [0.1, 0.15) is 0 Å². The molecule has 0 radical (unpaired) electrons. The number of halogens is 1. The molecule has 0 saturated carbocycles. The summed E-state index contributed by atoms with van der Waals surface area (Å²) in [5, 5.41) is 19.2. The summed E-state index contributed by atoms with van der Waals surface area (Å²) in [6, 6.07) is 4.03. The monoisotopic (exact) mass is 191 g/mol. The van der Waals surface area contributed by atoms with Gasteiger partial charge in [-0.1, -0.05) is 0 Å². The Labute approximate surface area is 80.0 Å². The molecule has 1 aromatic heterocycles. The zero-order valence-electron chi connectivity index (χ0n) is 7.18. The molecule has 14 heavy (non-hydrogen) atoms. The summed E-state index contributed by atoms with van der Waals surface area (Å²) >= 11 is 0. The van der Waals surface area contributed by atoms with E-state index in [0.29, 0.717) is 10.8 Å². The van der Waals surface area contributed by atoms with E-state index in [4.69, 9.17) is 10.0 Å². The van der Waals surface area contributed by atoms with Gasteiger partial charge < -0.3 is 10.0 Å². The number of pyridine rings is 1. The minimum Gasteiger partial charge on any atom is -0.423 e. The average molecular weight is 191 g/mol. The zero-order chi connectivity index (χ0) is 10.1. The highest BCUT2D eigenvalue weighted by molar-refractivity contribution is 6.61. The van der Waals surface area contributed by atoms with Gasteiger partial charge in [-0.25, -0.2) is 4.39 Å².